The largest absolute Gasteiger partial charge is 0.495 e. The summed E-state index contributed by atoms with van der Waals surface area (Å²) in [5.41, 5.74) is 3.96. The van der Waals surface area contributed by atoms with Crippen LogP contribution in [0.2, 0.25) is 0 Å². The van der Waals surface area contributed by atoms with E-state index >= 15 is 0 Å². The number of carbonyl (C=O) groups excluding carboxylic acids is 1. The van der Waals surface area contributed by atoms with Crippen LogP contribution in [-0.2, 0) is 11.2 Å². The summed E-state index contributed by atoms with van der Waals surface area (Å²) in [6, 6.07) is 12.7. The molecule has 6 heteroatoms. The summed E-state index contributed by atoms with van der Waals surface area (Å²) in [5.74, 6) is 0.772. The standard InChI is InChI=1S/C23H26FN3O2/c1-16-18(19-8-7-17(24)15-20(19)25-16)9-10-23(28)27-13-11-26(12-14-27)21-5-3-4-6-22(21)29-2/h3-8,15,25H,9-14H2,1-2H3. The number of aromatic amines is 1. The molecule has 0 aliphatic carbocycles. The Morgan fingerprint density at radius 3 is 2.66 bits per heavy atom. The molecule has 1 saturated heterocycles. The lowest BCUT2D eigenvalue weighted by atomic mass is 10.0. The number of benzene rings is 2. The average Bonchev–Trinajstić information content (AvgIpc) is 3.06. The number of fused-ring (bicyclic) bond motifs is 1. The third kappa shape index (κ3) is 3.92. The maximum absolute atomic E-state index is 13.4. The second-order valence-electron chi connectivity index (χ2n) is 7.46. The van der Waals surface area contributed by atoms with Crippen LogP contribution >= 0.6 is 0 Å². The second-order valence-corrected chi connectivity index (χ2v) is 7.46. The average molecular weight is 395 g/mol. The minimum atomic E-state index is -0.255. The number of para-hydroxylation sites is 2. The number of H-pyrrole nitrogens is 1. The molecule has 0 unspecified atom stereocenters. The van der Waals surface area contributed by atoms with Crippen LogP contribution in [0, 0.1) is 12.7 Å². The highest BCUT2D eigenvalue weighted by Crippen LogP contribution is 2.29. The Balaban J connectivity index is 1.37. The predicted molar refractivity (Wildman–Crippen MR) is 113 cm³/mol. The first-order valence-corrected chi connectivity index (χ1v) is 9.99. The first-order valence-electron chi connectivity index (χ1n) is 9.99. The van der Waals surface area contributed by atoms with E-state index in [0.717, 1.165) is 46.7 Å². The second kappa shape index (κ2) is 8.15. The number of anilines is 1. The smallest absolute Gasteiger partial charge is 0.223 e. The van der Waals surface area contributed by atoms with Gasteiger partial charge in [0.2, 0.25) is 5.91 Å². The minimum Gasteiger partial charge on any atom is -0.495 e. The number of hydrogen-bond donors (Lipinski definition) is 1. The molecule has 5 nitrogen and oxygen atoms in total. The highest BCUT2D eigenvalue weighted by atomic mass is 19.1. The van der Waals surface area contributed by atoms with Crippen molar-refractivity contribution in [3.8, 4) is 5.75 Å². The van der Waals surface area contributed by atoms with Crippen molar-refractivity contribution in [1.29, 1.82) is 0 Å². The van der Waals surface area contributed by atoms with Gasteiger partial charge in [-0.05, 0) is 49.2 Å². The van der Waals surface area contributed by atoms with Gasteiger partial charge in [-0.15, -0.1) is 0 Å². The van der Waals surface area contributed by atoms with Crippen molar-refractivity contribution in [2.45, 2.75) is 19.8 Å². The molecular weight excluding hydrogens is 369 g/mol. The molecule has 1 aromatic heterocycles. The zero-order valence-corrected chi connectivity index (χ0v) is 16.9. The summed E-state index contributed by atoms with van der Waals surface area (Å²) in [6.07, 6.45) is 1.11. The summed E-state index contributed by atoms with van der Waals surface area (Å²) in [6.45, 7) is 4.96. The van der Waals surface area contributed by atoms with Crippen LogP contribution in [0.1, 0.15) is 17.7 Å². The van der Waals surface area contributed by atoms with E-state index in [1.165, 1.54) is 12.1 Å². The van der Waals surface area contributed by atoms with Gasteiger partial charge >= 0.3 is 0 Å². The molecule has 29 heavy (non-hydrogen) atoms. The Morgan fingerprint density at radius 1 is 1.14 bits per heavy atom. The molecule has 0 saturated carbocycles. The first kappa shape index (κ1) is 19.3. The van der Waals surface area contributed by atoms with Crippen molar-refractivity contribution in [1.82, 2.24) is 9.88 Å². The lowest BCUT2D eigenvalue weighted by Gasteiger charge is -2.36. The Kier molecular flexibility index (Phi) is 5.43. The van der Waals surface area contributed by atoms with Crippen molar-refractivity contribution in [3.63, 3.8) is 0 Å². The van der Waals surface area contributed by atoms with Gasteiger partial charge in [-0.3, -0.25) is 4.79 Å². The molecule has 1 amide bonds. The summed E-state index contributed by atoms with van der Waals surface area (Å²) >= 11 is 0. The number of carbonyl (C=O) groups is 1. The van der Waals surface area contributed by atoms with Crippen LogP contribution in [0.3, 0.4) is 0 Å². The number of nitrogens with one attached hydrogen (secondary N) is 1. The van der Waals surface area contributed by atoms with Gasteiger partial charge in [0.25, 0.3) is 0 Å². The summed E-state index contributed by atoms with van der Waals surface area (Å²) in [4.78, 5) is 20.2. The van der Waals surface area contributed by atoms with Crippen LogP contribution in [-0.4, -0.2) is 49.1 Å². The highest BCUT2D eigenvalue weighted by Gasteiger charge is 2.23. The summed E-state index contributed by atoms with van der Waals surface area (Å²) in [5, 5.41) is 0.998. The van der Waals surface area contributed by atoms with E-state index in [-0.39, 0.29) is 11.7 Å². The van der Waals surface area contributed by atoms with Crippen LogP contribution in [0.5, 0.6) is 5.75 Å². The lowest BCUT2D eigenvalue weighted by molar-refractivity contribution is -0.131. The molecule has 0 atom stereocenters. The van der Waals surface area contributed by atoms with E-state index in [4.69, 9.17) is 4.74 Å². The SMILES string of the molecule is COc1ccccc1N1CCN(C(=O)CCc2c(C)[nH]c3cc(F)ccc23)CC1. The fourth-order valence-electron chi connectivity index (χ4n) is 4.16. The van der Waals surface area contributed by atoms with Crippen LogP contribution in [0.15, 0.2) is 42.5 Å². The molecule has 3 aromatic rings. The number of halogens is 1. The van der Waals surface area contributed by atoms with Crippen LogP contribution in [0.4, 0.5) is 10.1 Å². The number of piperazine rings is 1. The normalized spacial score (nSPS) is 14.4. The lowest BCUT2D eigenvalue weighted by Crippen LogP contribution is -2.48. The van der Waals surface area contributed by atoms with Gasteiger partial charge in [-0.25, -0.2) is 4.39 Å². The molecule has 2 heterocycles. The molecule has 4 rings (SSSR count). The molecule has 0 spiro atoms. The highest BCUT2D eigenvalue weighted by molar-refractivity contribution is 5.85. The van der Waals surface area contributed by atoms with Crippen molar-refractivity contribution in [2.24, 2.45) is 0 Å². The topological polar surface area (TPSA) is 48.6 Å². The molecule has 0 bridgehead atoms. The van der Waals surface area contributed by atoms with Gasteiger partial charge in [-0.1, -0.05) is 12.1 Å². The van der Waals surface area contributed by atoms with E-state index < -0.39 is 0 Å². The van der Waals surface area contributed by atoms with E-state index in [0.29, 0.717) is 25.9 Å². The van der Waals surface area contributed by atoms with Crippen LogP contribution in [0.25, 0.3) is 10.9 Å². The number of ether oxygens (including phenoxy) is 1. The number of aryl methyl sites for hydroxylation is 2. The van der Waals surface area contributed by atoms with Gasteiger partial charge in [-0.2, -0.15) is 0 Å². The third-order valence-electron chi connectivity index (χ3n) is 5.73. The van der Waals surface area contributed by atoms with E-state index in [1.54, 1.807) is 13.2 Å². The molecular formula is C23H26FN3O2. The molecule has 2 aromatic carbocycles. The van der Waals surface area contributed by atoms with Gasteiger partial charge in [0.05, 0.1) is 12.8 Å². The number of rotatable bonds is 5. The fraction of sp³-hybridized carbons (Fsp3) is 0.348. The number of amides is 1. The van der Waals surface area contributed by atoms with Crippen molar-refractivity contribution < 1.29 is 13.9 Å². The van der Waals surface area contributed by atoms with E-state index in [2.05, 4.69) is 16.0 Å². The maximum atomic E-state index is 13.4. The Morgan fingerprint density at radius 2 is 1.90 bits per heavy atom. The first-order chi connectivity index (χ1) is 14.1. The van der Waals surface area contributed by atoms with Gasteiger partial charge in [0, 0.05) is 49.2 Å². The van der Waals surface area contributed by atoms with E-state index in [9.17, 15) is 9.18 Å². The number of methoxy groups -OCH3 is 1. The zero-order valence-electron chi connectivity index (χ0n) is 16.9. The van der Waals surface area contributed by atoms with Gasteiger partial charge < -0.3 is 19.5 Å². The molecule has 152 valence electrons. The fourth-order valence-corrected chi connectivity index (χ4v) is 4.16. The molecule has 0 radical (unpaired) electrons. The van der Waals surface area contributed by atoms with Crippen LogP contribution < -0.4 is 9.64 Å². The van der Waals surface area contributed by atoms with Crippen molar-refractivity contribution in [2.75, 3.05) is 38.2 Å². The molecule has 1 aliphatic rings. The third-order valence-corrected chi connectivity index (χ3v) is 5.73. The monoisotopic (exact) mass is 395 g/mol. The minimum absolute atomic E-state index is 0.167. The Bertz CT molecular complexity index is 1020. The molecule has 1 N–H and O–H groups in total. The summed E-state index contributed by atoms with van der Waals surface area (Å²) < 4.78 is 18.9. The maximum Gasteiger partial charge on any atom is 0.223 e. The summed E-state index contributed by atoms with van der Waals surface area (Å²) in [7, 11) is 1.68. The number of aromatic nitrogens is 1. The van der Waals surface area contributed by atoms with E-state index in [1.807, 2.05) is 30.0 Å². The number of hydrogen-bond acceptors (Lipinski definition) is 3. The molecule has 1 aliphatic heterocycles. The zero-order chi connectivity index (χ0) is 20.4. The van der Waals surface area contributed by atoms with Gasteiger partial charge in [0.1, 0.15) is 11.6 Å². The van der Waals surface area contributed by atoms with Crippen molar-refractivity contribution >= 4 is 22.5 Å². The van der Waals surface area contributed by atoms with Gasteiger partial charge in [0.15, 0.2) is 0 Å². The Labute approximate surface area is 170 Å². The Hall–Kier alpha value is -3.02. The van der Waals surface area contributed by atoms with Crippen molar-refractivity contribution in [3.05, 3.63) is 59.5 Å². The number of nitrogens with zero attached hydrogens (tertiary/aromatic N) is 2. The quantitative estimate of drug-likeness (QED) is 0.713. The predicted octanol–water partition coefficient (Wildman–Crippen LogP) is 3.91. The molecule has 1 fully saturated rings.